The zero-order chi connectivity index (χ0) is 16.2. The summed E-state index contributed by atoms with van der Waals surface area (Å²) in [5, 5.41) is 0. The summed E-state index contributed by atoms with van der Waals surface area (Å²) in [6.45, 7) is 1.49. The number of methoxy groups -OCH3 is 1. The smallest absolute Gasteiger partial charge is 0.359 e. The zero-order valence-corrected chi connectivity index (χ0v) is 10.0. The zero-order valence-electron chi connectivity index (χ0n) is 10.0. The Morgan fingerprint density at radius 1 is 1.10 bits per heavy atom. The lowest BCUT2D eigenvalue weighted by Crippen LogP contribution is -2.61. The van der Waals surface area contributed by atoms with Gasteiger partial charge < -0.3 is 9.47 Å². The fourth-order valence-electron chi connectivity index (χ4n) is 1.31. The predicted molar refractivity (Wildman–Crippen MR) is 51.9 cm³/mol. The Kier molecular flexibility index (Phi) is 6.15. The lowest BCUT2D eigenvalue weighted by Gasteiger charge is -2.39. The first-order chi connectivity index (χ1) is 8.98. The molecule has 0 spiro atoms. The van der Waals surface area contributed by atoms with Crippen molar-refractivity contribution in [2.45, 2.75) is 24.1 Å². The van der Waals surface area contributed by atoms with Crippen molar-refractivity contribution >= 4 is 0 Å². The molecule has 10 heteroatoms. The van der Waals surface area contributed by atoms with Gasteiger partial charge in [0.2, 0.25) is 11.4 Å². The molecule has 0 aliphatic carbocycles. The molecule has 20 heavy (non-hydrogen) atoms. The Morgan fingerprint density at radius 3 is 1.90 bits per heavy atom. The van der Waals surface area contributed by atoms with Gasteiger partial charge in [-0.15, -0.1) is 6.58 Å². The lowest BCUT2D eigenvalue weighted by atomic mass is 9.89. The summed E-state index contributed by atoms with van der Waals surface area (Å²) in [6, 6.07) is 0. The van der Waals surface area contributed by atoms with Crippen LogP contribution in [-0.2, 0) is 9.47 Å². The van der Waals surface area contributed by atoms with Crippen molar-refractivity contribution in [1.82, 2.24) is 0 Å². The average molecular weight is 314 g/mol. The topological polar surface area (TPSA) is 18.5 Å². The number of hydrogen-bond donors (Lipinski definition) is 0. The van der Waals surface area contributed by atoms with Gasteiger partial charge in [-0.1, -0.05) is 6.08 Å². The second-order valence-electron chi connectivity index (χ2n) is 3.52. The lowest BCUT2D eigenvalue weighted by molar-refractivity contribution is -0.354. The van der Waals surface area contributed by atoms with Crippen LogP contribution in [0, 0.1) is 0 Å². The summed E-state index contributed by atoms with van der Waals surface area (Å²) in [5.74, 6) is -9.18. The molecule has 0 aromatic heterocycles. The van der Waals surface area contributed by atoms with Crippen LogP contribution in [0.5, 0.6) is 0 Å². The van der Waals surface area contributed by atoms with Gasteiger partial charge in [0.25, 0.3) is 0 Å². The number of hydrogen-bond acceptors (Lipinski definition) is 2. The van der Waals surface area contributed by atoms with Crippen molar-refractivity contribution in [3.63, 3.8) is 0 Å². The molecule has 0 amide bonds. The molecule has 0 rings (SSSR count). The van der Waals surface area contributed by atoms with Crippen molar-refractivity contribution < 1.29 is 44.6 Å². The highest BCUT2D eigenvalue weighted by molar-refractivity contribution is 5.18. The molecule has 0 bridgehead atoms. The summed E-state index contributed by atoms with van der Waals surface area (Å²) in [4.78, 5) is 0. The van der Waals surface area contributed by atoms with Gasteiger partial charge in [-0.2, -0.15) is 35.1 Å². The monoisotopic (exact) mass is 314 g/mol. The van der Waals surface area contributed by atoms with Crippen molar-refractivity contribution in [3.05, 3.63) is 24.6 Å². The first-order valence-electron chi connectivity index (χ1n) is 4.87. The summed E-state index contributed by atoms with van der Waals surface area (Å²) < 4.78 is 110. The first kappa shape index (κ1) is 18.8. The average Bonchev–Trinajstić information content (AvgIpc) is 2.31. The Morgan fingerprint density at radius 2 is 1.60 bits per heavy atom. The number of ether oxygens (including phenoxy) is 2. The van der Waals surface area contributed by atoms with E-state index in [1.165, 1.54) is 0 Å². The van der Waals surface area contributed by atoms with Gasteiger partial charge in [0.15, 0.2) is 0 Å². The van der Waals surface area contributed by atoms with E-state index in [9.17, 15) is 35.1 Å². The molecular formula is C10H10F8O2. The largest absolute Gasteiger partial charge is 0.424 e. The van der Waals surface area contributed by atoms with Crippen LogP contribution in [0.2, 0.25) is 0 Å². The molecule has 0 fully saturated rings. The normalized spacial score (nSPS) is 15.7. The molecule has 118 valence electrons. The first-order valence-corrected chi connectivity index (χ1v) is 4.87. The maximum Gasteiger partial charge on any atom is 0.424 e. The van der Waals surface area contributed by atoms with Gasteiger partial charge in [-0.05, 0) is 0 Å². The highest BCUT2D eigenvalue weighted by atomic mass is 19.4. The SMILES string of the molecule is C=CCC(OCOC)(C(F)(F)F)C(F)(F)C(F)=C(F)F. The van der Waals surface area contributed by atoms with Crippen LogP contribution in [-0.4, -0.2) is 31.6 Å². The highest BCUT2D eigenvalue weighted by Gasteiger charge is 2.73. The summed E-state index contributed by atoms with van der Waals surface area (Å²) in [6.07, 6.45) is -10.8. The third-order valence-electron chi connectivity index (χ3n) is 2.26. The minimum absolute atomic E-state index is 0.348. The van der Waals surface area contributed by atoms with Crippen LogP contribution in [0.25, 0.3) is 0 Å². The standard InChI is InChI=1S/C10H10F8O2/c1-3-4-8(10(16,17)18,20-5-19-2)9(14,15)6(11)7(12)13/h3H,1,4-5H2,2H3. The highest BCUT2D eigenvalue weighted by Crippen LogP contribution is 2.51. The molecule has 0 saturated heterocycles. The third kappa shape index (κ3) is 3.29. The fraction of sp³-hybridized carbons (Fsp3) is 0.600. The Hall–Kier alpha value is -1.16. The van der Waals surface area contributed by atoms with Crippen molar-refractivity contribution in [2.24, 2.45) is 0 Å². The van der Waals surface area contributed by atoms with Crippen LogP contribution in [0.4, 0.5) is 35.1 Å². The Labute approximate surface area is 108 Å². The third-order valence-corrected chi connectivity index (χ3v) is 2.26. The van der Waals surface area contributed by atoms with E-state index in [0.717, 1.165) is 7.11 Å². The summed E-state index contributed by atoms with van der Waals surface area (Å²) >= 11 is 0. The molecule has 0 saturated carbocycles. The minimum atomic E-state index is -5.87. The van der Waals surface area contributed by atoms with Gasteiger partial charge in [0.05, 0.1) is 0 Å². The van der Waals surface area contributed by atoms with E-state index < -0.39 is 42.8 Å². The van der Waals surface area contributed by atoms with Gasteiger partial charge >= 0.3 is 18.2 Å². The molecule has 1 unspecified atom stereocenters. The van der Waals surface area contributed by atoms with Gasteiger partial charge in [0.1, 0.15) is 6.79 Å². The Balaban J connectivity index is 6.08. The number of halogens is 8. The van der Waals surface area contributed by atoms with Crippen molar-refractivity contribution in [3.8, 4) is 0 Å². The van der Waals surface area contributed by atoms with Crippen LogP contribution >= 0.6 is 0 Å². The molecule has 1 atom stereocenters. The summed E-state index contributed by atoms with van der Waals surface area (Å²) in [5.41, 5.74) is -4.55. The van der Waals surface area contributed by atoms with E-state index in [-0.39, 0.29) is 0 Å². The van der Waals surface area contributed by atoms with E-state index in [1.54, 1.807) is 0 Å². The molecule has 0 aliphatic rings. The maximum atomic E-state index is 13.5. The molecule has 0 aromatic carbocycles. The van der Waals surface area contributed by atoms with Crippen LogP contribution in [0.1, 0.15) is 6.42 Å². The minimum Gasteiger partial charge on any atom is -0.359 e. The van der Waals surface area contributed by atoms with E-state index >= 15 is 0 Å². The van der Waals surface area contributed by atoms with Crippen LogP contribution in [0.15, 0.2) is 24.6 Å². The molecule has 0 radical (unpaired) electrons. The summed E-state index contributed by atoms with van der Waals surface area (Å²) in [7, 11) is 0.815. The van der Waals surface area contributed by atoms with Crippen LogP contribution in [0.3, 0.4) is 0 Å². The second-order valence-corrected chi connectivity index (χ2v) is 3.52. The molecule has 0 heterocycles. The molecular weight excluding hydrogens is 304 g/mol. The predicted octanol–water partition coefficient (Wildman–Crippen LogP) is 4.20. The van der Waals surface area contributed by atoms with Gasteiger partial charge in [-0.25, -0.2) is 0 Å². The molecule has 2 nitrogen and oxygen atoms in total. The molecule has 0 aliphatic heterocycles. The molecule has 0 N–H and O–H groups in total. The second kappa shape index (κ2) is 6.53. The number of alkyl halides is 5. The van der Waals surface area contributed by atoms with Gasteiger partial charge in [0, 0.05) is 13.5 Å². The van der Waals surface area contributed by atoms with E-state index in [2.05, 4.69) is 16.1 Å². The fourth-order valence-corrected chi connectivity index (χ4v) is 1.31. The van der Waals surface area contributed by atoms with Gasteiger partial charge in [-0.3, -0.25) is 0 Å². The number of rotatable bonds is 7. The van der Waals surface area contributed by atoms with E-state index in [4.69, 9.17) is 0 Å². The van der Waals surface area contributed by atoms with Crippen molar-refractivity contribution in [1.29, 1.82) is 0 Å². The maximum absolute atomic E-state index is 13.5. The van der Waals surface area contributed by atoms with Crippen LogP contribution < -0.4 is 0 Å². The van der Waals surface area contributed by atoms with Crippen molar-refractivity contribution in [2.75, 3.05) is 13.9 Å². The Bertz CT molecular complexity index is 372. The van der Waals surface area contributed by atoms with E-state index in [0.29, 0.717) is 6.08 Å². The quantitative estimate of drug-likeness (QED) is 0.398. The molecule has 0 aromatic rings. The van der Waals surface area contributed by atoms with E-state index in [1.807, 2.05) is 0 Å².